The first kappa shape index (κ1) is 26.5. The molecule has 0 saturated carbocycles. The minimum Gasteiger partial charge on any atom is -0.465 e. The highest BCUT2D eigenvalue weighted by molar-refractivity contribution is 5.93. The molecular formula is C23H28FN3O7. The number of carbonyl (C=O) groups excluding carboxylic acids is 4. The Kier molecular flexibility index (Phi) is 10.2. The van der Waals surface area contributed by atoms with Crippen molar-refractivity contribution in [3.8, 4) is 11.3 Å². The molecule has 0 saturated heterocycles. The van der Waals surface area contributed by atoms with Gasteiger partial charge in [-0.2, -0.15) is 0 Å². The SMILES string of the molecule is CCCCC[C@H](CC(=O)NO)C(=O)NCNC(=O)c1ccc(-c2ccc(F)c(C(=O)OC)c2)o1. The van der Waals surface area contributed by atoms with E-state index in [2.05, 4.69) is 15.4 Å². The van der Waals surface area contributed by atoms with E-state index in [4.69, 9.17) is 9.62 Å². The van der Waals surface area contributed by atoms with Crippen LogP contribution in [0.3, 0.4) is 0 Å². The van der Waals surface area contributed by atoms with E-state index in [-0.39, 0.29) is 30.2 Å². The number of methoxy groups -OCH3 is 1. The Morgan fingerprint density at radius 2 is 1.88 bits per heavy atom. The summed E-state index contributed by atoms with van der Waals surface area (Å²) in [6.45, 7) is 1.81. The number of hydroxylamine groups is 1. The standard InChI is InChI=1S/C23H28FN3O7/c1-3-4-5-6-15(12-20(28)27-32)21(29)25-13-26-22(30)19-10-9-18(34-19)14-7-8-17(24)16(11-14)23(31)33-2/h7-11,15,32H,3-6,12-13H2,1-2H3,(H,25,29)(H,26,30)(H,27,28)/t15-/m1/s1. The van der Waals surface area contributed by atoms with Crippen LogP contribution in [0.4, 0.5) is 4.39 Å². The summed E-state index contributed by atoms with van der Waals surface area (Å²) in [5.74, 6) is -3.78. The minimum absolute atomic E-state index is 0.0626. The molecule has 3 amide bonds. The fourth-order valence-corrected chi connectivity index (χ4v) is 3.24. The number of ether oxygens (including phenoxy) is 1. The van der Waals surface area contributed by atoms with Crippen LogP contribution in [0.5, 0.6) is 0 Å². The lowest BCUT2D eigenvalue weighted by atomic mass is 9.96. The predicted molar refractivity (Wildman–Crippen MR) is 118 cm³/mol. The van der Waals surface area contributed by atoms with E-state index < -0.39 is 35.4 Å². The lowest BCUT2D eigenvalue weighted by molar-refractivity contribution is -0.135. The number of rotatable bonds is 12. The minimum atomic E-state index is -0.843. The normalized spacial score (nSPS) is 11.4. The van der Waals surface area contributed by atoms with Crippen LogP contribution in [0.1, 0.15) is 59.9 Å². The Hall–Kier alpha value is -3.73. The molecule has 4 N–H and O–H groups in total. The van der Waals surface area contributed by atoms with Gasteiger partial charge in [0.05, 0.1) is 19.3 Å². The number of hydrogen-bond acceptors (Lipinski definition) is 7. The van der Waals surface area contributed by atoms with Gasteiger partial charge in [0.2, 0.25) is 11.8 Å². The highest BCUT2D eigenvalue weighted by atomic mass is 19.1. The van der Waals surface area contributed by atoms with E-state index in [9.17, 15) is 23.6 Å². The quantitative estimate of drug-likeness (QED) is 0.121. The average Bonchev–Trinajstić information content (AvgIpc) is 3.33. The van der Waals surface area contributed by atoms with Gasteiger partial charge in [0.15, 0.2) is 5.76 Å². The molecule has 10 nitrogen and oxygen atoms in total. The summed E-state index contributed by atoms with van der Waals surface area (Å²) in [6, 6.07) is 6.62. The summed E-state index contributed by atoms with van der Waals surface area (Å²) in [5.41, 5.74) is 1.62. The van der Waals surface area contributed by atoms with Gasteiger partial charge >= 0.3 is 5.97 Å². The molecule has 0 fully saturated rings. The van der Waals surface area contributed by atoms with Gasteiger partial charge in [-0.1, -0.05) is 26.2 Å². The number of esters is 1. The zero-order valence-corrected chi connectivity index (χ0v) is 19.0. The van der Waals surface area contributed by atoms with Gasteiger partial charge in [0.1, 0.15) is 11.6 Å². The summed E-state index contributed by atoms with van der Waals surface area (Å²) >= 11 is 0. The third-order valence-corrected chi connectivity index (χ3v) is 5.08. The number of unbranched alkanes of at least 4 members (excludes halogenated alkanes) is 2. The van der Waals surface area contributed by atoms with E-state index in [1.807, 2.05) is 6.92 Å². The number of furan rings is 1. The van der Waals surface area contributed by atoms with Crippen molar-refractivity contribution in [3.63, 3.8) is 0 Å². The smallest absolute Gasteiger partial charge is 0.340 e. The average molecular weight is 477 g/mol. The van der Waals surface area contributed by atoms with Gasteiger partial charge in [0.25, 0.3) is 5.91 Å². The monoisotopic (exact) mass is 477 g/mol. The second-order valence-electron chi connectivity index (χ2n) is 7.51. The fourth-order valence-electron chi connectivity index (χ4n) is 3.24. The first-order chi connectivity index (χ1) is 16.3. The molecule has 11 heteroatoms. The van der Waals surface area contributed by atoms with Crippen molar-refractivity contribution in [1.82, 2.24) is 16.1 Å². The predicted octanol–water partition coefficient (Wildman–Crippen LogP) is 2.77. The van der Waals surface area contributed by atoms with Crippen molar-refractivity contribution in [1.29, 1.82) is 0 Å². The number of nitrogens with one attached hydrogen (secondary N) is 3. The van der Waals surface area contributed by atoms with Crippen LogP contribution in [0.25, 0.3) is 11.3 Å². The summed E-state index contributed by atoms with van der Waals surface area (Å²) in [5, 5.41) is 13.8. The zero-order chi connectivity index (χ0) is 25.1. The molecule has 1 aromatic carbocycles. The molecule has 1 heterocycles. The Labute approximate surface area is 195 Å². The molecule has 2 rings (SSSR count). The molecular weight excluding hydrogens is 449 g/mol. The summed E-state index contributed by atoms with van der Waals surface area (Å²) in [6.07, 6.45) is 2.89. The van der Waals surface area contributed by atoms with Crippen LogP contribution in [-0.2, 0) is 14.3 Å². The first-order valence-corrected chi connectivity index (χ1v) is 10.8. The fraction of sp³-hybridized carbons (Fsp3) is 0.391. The molecule has 0 aliphatic heterocycles. The highest BCUT2D eigenvalue weighted by Gasteiger charge is 2.22. The van der Waals surface area contributed by atoms with Crippen molar-refractivity contribution in [2.24, 2.45) is 5.92 Å². The van der Waals surface area contributed by atoms with E-state index in [0.717, 1.165) is 32.4 Å². The molecule has 34 heavy (non-hydrogen) atoms. The molecule has 184 valence electrons. The molecule has 2 aromatic rings. The van der Waals surface area contributed by atoms with Crippen molar-refractivity contribution < 1.29 is 37.9 Å². The second kappa shape index (κ2) is 13.1. The maximum absolute atomic E-state index is 13.8. The molecule has 1 atom stereocenters. The number of halogens is 1. The van der Waals surface area contributed by atoms with E-state index in [1.165, 1.54) is 29.7 Å². The molecule has 0 aliphatic carbocycles. The van der Waals surface area contributed by atoms with E-state index >= 15 is 0 Å². The summed E-state index contributed by atoms with van der Waals surface area (Å²) in [7, 11) is 1.14. The van der Waals surface area contributed by atoms with Gasteiger partial charge in [-0.05, 0) is 36.8 Å². The van der Waals surface area contributed by atoms with Gasteiger partial charge in [-0.25, -0.2) is 14.7 Å². The van der Waals surface area contributed by atoms with Crippen molar-refractivity contribution in [3.05, 3.63) is 47.5 Å². The topological polar surface area (TPSA) is 147 Å². The number of amides is 3. The zero-order valence-electron chi connectivity index (χ0n) is 19.0. The Bertz CT molecular complexity index is 1020. The first-order valence-electron chi connectivity index (χ1n) is 10.8. The third kappa shape index (κ3) is 7.41. The van der Waals surface area contributed by atoms with Gasteiger partial charge in [0, 0.05) is 17.9 Å². The Balaban J connectivity index is 1.96. The maximum atomic E-state index is 13.8. The van der Waals surface area contributed by atoms with Crippen LogP contribution < -0.4 is 16.1 Å². The Morgan fingerprint density at radius 3 is 2.56 bits per heavy atom. The number of carbonyl (C=O) groups is 4. The van der Waals surface area contributed by atoms with Crippen LogP contribution >= 0.6 is 0 Å². The second-order valence-corrected chi connectivity index (χ2v) is 7.51. The van der Waals surface area contributed by atoms with Crippen LogP contribution in [0.2, 0.25) is 0 Å². The maximum Gasteiger partial charge on any atom is 0.340 e. The number of hydrogen-bond donors (Lipinski definition) is 4. The molecule has 1 aromatic heterocycles. The molecule has 0 bridgehead atoms. The number of benzene rings is 1. The van der Waals surface area contributed by atoms with Crippen molar-refractivity contribution >= 4 is 23.7 Å². The van der Waals surface area contributed by atoms with Gasteiger partial charge in [-0.3, -0.25) is 19.6 Å². The van der Waals surface area contributed by atoms with Crippen molar-refractivity contribution in [2.75, 3.05) is 13.8 Å². The van der Waals surface area contributed by atoms with Gasteiger partial charge in [-0.15, -0.1) is 0 Å². The molecule has 0 spiro atoms. The molecule has 0 radical (unpaired) electrons. The van der Waals surface area contributed by atoms with Crippen molar-refractivity contribution in [2.45, 2.75) is 39.0 Å². The molecule has 0 unspecified atom stereocenters. The summed E-state index contributed by atoms with van der Waals surface area (Å²) in [4.78, 5) is 47.9. The van der Waals surface area contributed by atoms with Crippen LogP contribution in [-0.4, -0.2) is 42.7 Å². The largest absolute Gasteiger partial charge is 0.465 e. The Morgan fingerprint density at radius 1 is 1.12 bits per heavy atom. The van der Waals surface area contributed by atoms with E-state index in [1.54, 1.807) is 0 Å². The van der Waals surface area contributed by atoms with Gasteiger partial charge < -0.3 is 19.8 Å². The summed E-state index contributed by atoms with van der Waals surface area (Å²) < 4.78 is 23.9. The lowest BCUT2D eigenvalue weighted by Crippen LogP contribution is -2.41. The van der Waals surface area contributed by atoms with Crippen LogP contribution in [0.15, 0.2) is 34.7 Å². The molecule has 0 aliphatic rings. The van der Waals surface area contributed by atoms with Crippen LogP contribution in [0, 0.1) is 11.7 Å². The third-order valence-electron chi connectivity index (χ3n) is 5.08. The lowest BCUT2D eigenvalue weighted by Gasteiger charge is -2.16. The highest BCUT2D eigenvalue weighted by Crippen LogP contribution is 2.25. The van der Waals surface area contributed by atoms with E-state index in [0.29, 0.717) is 12.0 Å².